The van der Waals surface area contributed by atoms with Gasteiger partial charge in [-0.3, -0.25) is 0 Å². The summed E-state index contributed by atoms with van der Waals surface area (Å²) >= 11 is 0. The molecule has 0 amide bonds. The molecule has 15 heavy (non-hydrogen) atoms. The van der Waals surface area contributed by atoms with Gasteiger partial charge < -0.3 is 9.84 Å². The molecule has 0 unspecified atom stereocenters. The lowest BCUT2D eigenvalue weighted by Crippen LogP contribution is -2.42. The third-order valence-corrected chi connectivity index (χ3v) is 4.00. The van der Waals surface area contributed by atoms with Crippen molar-refractivity contribution >= 4 is 10.0 Å². The summed E-state index contributed by atoms with van der Waals surface area (Å²) in [6, 6.07) is 0. The van der Waals surface area contributed by atoms with E-state index in [1.165, 1.54) is 7.11 Å². The first-order chi connectivity index (χ1) is 6.97. The van der Waals surface area contributed by atoms with E-state index in [0.717, 1.165) is 12.8 Å². The highest BCUT2D eigenvalue weighted by molar-refractivity contribution is 7.89. The molecule has 2 N–H and O–H groups in total. The van der Waals surface area contributed by atoms with Gasteiger partial charge >= 0.3 is 0 Å². The molecule has 90 valence electrons. The van der Waals surface area contributed by atoms with Crippen LogP contribution in [-0.4, -0.2) is 45.1 Å². The second-order valence-corrected chi connectivity index (χ2v) is 5.99. The van der Waals surface area contributed by atoms with Gasteiger partial charge in [0.2, 0.25) is 10.0 Å². The van der Waals surface area contributed by atoms with Crippen LogP contribution in [0.3, 0.4) is 0 Å². The first-order valence-corrected chi connectivity index (χ1v) is 6.81. The quantitative estimate of drug-likeness (QED) is 0.674. The van der Waals surface area contributed by atoms with Crippen LogP contribution in [0.1, 0.15) is 25.7 Å². The number of rotatable bonds is 6. The lowest BCUT2D eigenvalue weighted by Gasteiger charge is -2.22. The summed E-state index contributed by atoms with van der Waals surface area (Å²) in [4.78, 5) is 0. The first kappa shape index (κ1) is 12.9. The monoisotopic (exact) mass is 237 g/mol. The average Bonchev–Trinajstić information content (AvgIpc) is 2.61. The molecule has 0 bridgehead atoms. The van der Waals surface area contributed by atoms with Crippen LogP contribution >= 0.6 is 0 Å². The SMILES string of the molecule is COCCS(=O)(=O)NCC1(O)CCCC1. The highest BCUT2D eigenvalue weighted by Crippen LogP contribution is 2.28. The van der Waals surface area contributed by atoms with Crippen LogP contribution in [0.25, 0.3) is 0 Å². The van der Waals surface area contributed by atoms with Crippen LogP contribution in [0.2, 0.25) is 0 Å². The summed E-state index contributed by atoms with van der Waals surface area (Å²) in [7, 11) is -1.85. The van der Waals surface area contributed by atoms with Crippen LogP contribution in [0.4, 0.5) is 0 Å². The van der Waals surface area contributed by atoms with E-state index in [0.29, 0.717) is 12.8 Å². The van der Waals surface area contributed by atoms with Crippen molar-refractivity contribution in [2.45, 2.75) is 31.3 Å². The van der Waals surface area contributed by atoms with E-state index in [4.69, 9.17) is 4.74 Å². The zero-order chi connectivity index (χ0) is 11.4. The first-order valence-electron chi connectivity index (χ1n) is 5.16. The molecule has 0 aromatic carbocycles. The Balaban J connectivity index is 2.35. The Bertz CT molecular complexity index is 282. The predicted molar refractivity (Wildman–Crippen MR) is 57.1 cm³/mol. The summed E-state index contributed by atoms with van der Waals surface area (Å²) in [5, 5.41) is 9.92. The molecular formula is C9H19NO4S. The Labute approximate surface area is 90.9 Å². The van der Waals surface area contributed by atoms with Crippen molar-refractivity contribution in [2.24, 2.45) is 0 Å². The molecule has 0 spiro atoms. The fraction of sp³-hybridized carbons (Fsp3) is 1.00. The standard InChI is InChI=1S/C9H19NO4S/c1-14-6-7-15(12,13)10-8-9(11)4-2-3-5-9/h10-11H,2-8H2,1H3. The van der Waals surface area contributed by atoms with Crippen LogP contribution < -0.4 is 4.72 Å². The van der Waals surface area contributed by atoms with Gasteiger partial charge in [-0.2, -0.15) is 0 Å². The summed E-state index contributed by atoms with van der Waals surface area (Å²) in [6.07, 6.45) is 3.30. The summed E-state index contributed by atoms with van der Waals surface area (Å²) in [5.41, 5.74) is -0.833. The number of hydrogen-bond donors (Lipinski definition) is 2. The van der Waals surface area contributed by atoms with Crippen molar-refractivity contribution in [2.75, 3.05) is 26.0 Å². The van der Waals surface area contributed by atoms with Gasteiger partial charge in [0.25, 0.3) is 0 Å². The van der Waals surface area contributed by atoms with Gasteiger partial charge in [0, 0.05) is 13.7 Å². The van der Waals surface area contributed by atoms with Crippen molar-refractivity contribution in [3.05, 3.63) is 0 Å². The molecule has 1 aliphatic carbocycles. The third kappa shape index (κ3) is 4.46. The van der Waals surface area contributed by atoms with E-state index in [9.17, 15) is 13.5 Å². The van der Waals surface area contributed by atoms with Gasteiger partial charge in [-0.25, -0.2) is 13.1 Å². The minimum absolute atomic E-state index is 0.0560. The normalized spacial score (nSPS) is 20.7. The summed E-state index contributed by atoms with van der Waals surface area (Å²) in [6.45, 7) is 0.298. The Kier molecular flexibility index (Phi) is 4.51. The maximum absolute atomic E-state index is 11.4. The molecule has 0 saturated heterocycles. The van der Waals surface area contributed by atoms with E-state index in [1.807, 2.05) is 0 Å². The maximum atomic E-state index is 11.4. The molecule has 1 aliphatic rings. The van der Waals surface area contributed by atoms with Gasteiger partial charge in [-0.1, -0.05) is 12.8 Å². The summed E-state index contributed by atoms with van der Waals surface area (Å²) in [5.74, 6) is -0.0560. The molecule has 6 heteroatoms. The minimum Gasteiger partial charge on any atom is -0.389 e. The molecule has 5 nitrogen and oxygen atoms in total. The van der Waals surface area contributed by atoms with Gasteiger partial charge in [0.05, 0.1) is 18.0 Å². The van der Waals surface area contributed by atoms with Crippen molar-refractivity contribution in [3.8, 4) is 0 Å². The van der Waals surface area contributed by atoms with E-state index in [1.54, 1.807) is 0 Å². The second-order valence-electron chi connectivity index (χ2n) is 4.06. The van der Waals surface area contributed by atoms with Crippen LogP contribution in [0.5, 0.6) is 0 Å². The Morgan fingerprint density at radius 1 is 1.40 bits per heavy atom. The molecule has 1 rings (SSSR count). The largest absolute Gasteiger partial charge is 0.389 e. The van der Waals surface area contributed by atoms with Gasteiger partial charge in [-0.05, 0) is 12.8 Å². The fourth-order valence-corrected chi connectivity index (χ4v) is 2.74. The molecular weight excluding hydrogens is 218 g/mol. The van der Waals surface area contributed by atoms with Crippen molar-refractivity contribution in [3.63, 3.8) is 0 Å². The van der Waals surface area contributed by atoms with Crippen molar-refractivity contribution in [1.82, 2.24) is 4.72 Å². The highest BCUT2D eigenvalue weighted by Gasteiger charge is 2.32. The lowest BCUT2D eigenvalue weighted by molar-refractivity contribution is 0.0531. The van der Waals surface area contributed by atoms with Gasteiger partial charge in [0.15, 0.2) is 0 Å². The van der Waals surface area contributed by atoms with E-state index in [2.05, 4.69) is 4.72 Å². The summed E-state index contributed by atoms with van der Waals surface area (Å²) < 4.78 is 29.9. The number of nitrogens with one attached hydrogen (secondary N) is 1. The van der Waals surface area contributed by atoms with Gasteiger partial charge in [0.1, 0.15) is 0 Å². The molecule has 0 aliphatic heterocycles. The van der Waals surface area contributed by atoms with Crippen molar-refractivity contribution < 1.29 is 18.3 Å². The van der Waals surface area contributed by atoms with Gasteiger partial charge in [-0.15, -0.1) is 0 Å². The van der Waals surface area contributed by atoms with Crippen LogP contribution in [-0.2, 0) is 14.8 Å². The van der Waals surface area contributed by atoms with E-state index < -0.39 is 15.6 Å². The van der Waals surface area contributed by atoms with Crippen molar-refractivity contribution in [1.29, 1.82) is 0 Å². The lowest BCUT2D eigenvalue weighted by atomic mass is 10.0. The topological polar surface area (TPSA) is 75.6 Å². The predicted octanol–water partition coefficient (Wildman–Crippen LogP) is -0.143. The molecule has 0 radical (unpaired) electrons. The fourth-order valence-electron chi connectivity index (χ4n) is 1.72. The Morgan fingerprint density at radius 3 is 2.53 bits per heavy atom. The smallest absolute Gasteiger partial charge is 0.213 e. The maximum Gasteiger partial charge on any atom is 0.213 e. The number of hydrogen-bond acceptors (Lipinski definition) is 4. The molecule has 0 aromatic rings. The van der Waals surface area contributed by atoms with Crippen LogP contribution in [0, 0.1) is 0 Å². The molecule has 0 aromatic heterocycles. The Morgan fingerprint density at radius 2 is 2.00 bits per heavy atom. The van der Waals surface area contributed by atoms with E-state index >= 15 is 0 Å². The van der Waals surface area contributed by atoms with E-state index in [-0.39, 0.29) is 18.9 Å². The minimum atomic E-state index is -3.30. The molecule has 0 atom stereocenters. The molecule has 1 saturated carbocycles. The zero-order valence-electron chi connectivity index (χ0n) is 9.03. The number of sulfonamides is 1. The zero-order valence-corrected chi connectivity index (χ0v) is 9.85. The number of methoxy groups -OCH3 is 1. The average molecular weight is 237 g/mol. The highest BCUT2D eigenvalue weighted by atomic mass is 32.2. The number of ether oxygens (including phenoxy) is 1. The Hall–Kier alpha value is -0.170. The van der Waals surface area contributed by atoms with Crippen LogP contribution in [0.15, 0.2) is 0 Å². The second kappa shape index (κ2) is 5.25. The third-order valence-electron chi connectivity index (χ3n) is 2.71. The molecule has 0 heterocycles. The molecule has 1 fully saturated rings. The number of aliphatic hydroxyl groups is 1.